The number of alkyl halides is 3. The highest BCUT2D eigenvalue weighted by atomic mass is 19.4. The van der Waals surface area contributed by atoms with Crippen molar-refractivity contribution in [2.45, 2.75) is 12.6 Å². The van der Waals surface area contributed by atoms with E-state index in [0.717, 1.165) is 12.1 Å². The summed E-state index contributed by atoms with van der Waals surface area (Å²) in [5.41, 5.74) is -0.101. The number of rotatable bonds is 2. The third-order valence-corrected chi connectivity index (χ3v) is 1.77. The van der Waals surface area contributed by atoms with E-state index >= 15 is 0 Å². The van der Waals surface area contributed by atoms with Gasteiger partial charge in [0.1, 0.15) is 0 Å². The molecular formula is C10H8F3N. The van der Waals surface area contributed by atoms with Gasteiger partial charge >= 0.3 is 6.18 Å². The zero-order chi connectivity index (χ0) is 10.6. The van der Waals surface area contributed by atoms with Crippen LogP contribution in [-0.2, 0) is 12.6 Å². The zero-order valence-electron chi connectivity index (χ0n) is 7.30. The van der Waals surface area contributed by atoms with Crippen LogP contribution < -0.4 is 0 Å². The van der Waals surface area contributed by atoms with Gasteiger partial charge in [0.05, 0.1) is 5.56 Å². The fourth-order valence-corrected chi connectivity index (χ4v) is 1.09. The maximum atomic E-state index is 12.2. The molecule has 0 fully saturated rings. The molecule has 1 rings (SSSR count). The van der Waals surface area contributed by atoms with Crippen LogP contribution in [0.3, 0.4) is 0 Å². The van der Waals surface area contributed by atoms with Gasteiger partial charge in [0.25, 0.3) is 0 Å². The van der Waals surface area contributed by atoms with Crippen molar-refractivity contribution in [2.24, 2.45) is 0 Å². The molecule has 74 valence electrons. The summed E-state index contributed by atoms with van der Waals surface area (Å²) < 4.78 is 36.7. The van der Waals surface area contributed by atoms with Gasteiger partial charge in [-0.2, -0.15) is 13.2 Å². The third kappa shape index (κ3) is 2.77. The summed E-state index contributed by atoms with van der Waals surface area (Å²) in [7, 11) is 0. The number of halogens is 3. The van der Waals surface area contributed by atoms with Gasteiger partial charge in [0.2, 0.25) is 6.54 Å². The van der Waals surface area contributed by atoms with Gasteiger partial charge in [0, 0.05) is 6.42 Å². The molecule has 0 bridgehead atoms. The molecule has 0 saturated heterocycles. The van der Waals surface area contributed by atoms with Crippen LogP contribution in [0.25, 0.3) is 4.85 Å². The van der Waals surface area contributed by atoms with E-state index < -0.39 is 11.7 Å². The summed E-state index contributed by atoms with van der Waals surface area (Å²) in [5, 5.41) is 0. The van der Waals surface area contributed by atoms with Crippen molar-refractivity contribution < 1.29 is 13.2 Å². The Morgan fingerprint density at radius 2 is 2.00 bits per heavy atom. The first-order valence-corrected chi connectivity index (χ1v) is 4.03. The lowest BCUT2D eigenvalue weighted by Gasteiger charge is -2.07. The van der Waals surface area contributed by atoms with E-state index in [2.05, 4.69) is 4.85 Å². The predicted octanol–water partition coefficient (Wildman–Crippen LogP) is 3.17. The lowest BCUT2D eigenvalue weighted by atomic mass is 10.1. The van der Waals surface area contributed by atoms with Crippen LogP contribution >= 0.6 is 0 Å². The van der Waals surface area contributed by atoms with Crippen molar-refractivity contribution in [2.75, 3.05) is 6.54 Å². The molecule has 0 aromatic heterocycles. The molecular weight excluding hydrogens is 191 g/mol. The molecule has 0 unspecified atom stereocenters. The van der Waals surface area contributed by atoms with Crippen molar-refractivity contribution in [3.8, 4) is 0 Å². The summed E-state index contributed by atoms with van der Waals surface area (Å²) in [6, 6.07) is 5.08. The topological polar surface area (TPSA) is 4.36 Å². The largest absolute Gasteiger partial charge is 0.416 e. The lowest BCUT2D eigenvalue weighted by molar-refractivity contribution is -0.137. The minimum absolute atomic E-state index is 0.224. The Bertz CT molecular complexity index is 349. The number of hydrogen-bond acceptors (Lipinski definition) is 0. The van der Waals surface area contributed by atoms with Crippen LogP contribution in [0.4, 0.5) is 13.2 Å². The Hall–Kier alpha value is -1.50. The van der Waals surface area contributed by atoms with Gasteiger partial charge in [-0.05, 0) is 11.6 Å². The minimum atomic E-state index is -4.30. The van der Waals surface area contributed by atoms with E-state index in [9.17, 15) is 13.2 Å². The smallest absolute Gasteiger partial charge is 0.317 e. The van der Waals surface area contributed by atoms with Gasteiger partial charge in [-0.15, -0.1) is 0 Å². The quantitative estimate of drug-likeness (QED) is 0.644. The second kappa shape index (κ2) is 4.14. The fraction of sp³-hybridized carbons (Fsp3) is 0.300. The highest BCUT2D eigenvalue weighted by molar-refractivity contribution is 5.26. The molecule has 1 nitrogen and oxygen atoms in total. The fourth-order valence-electron chi connectivity index (χ4n) is 1.09. The number of benzene rings is 1. The molecule has 1 aromatic rings. The Morgan fingerprint density at radius 3 is 2.57 bits per heavy atom. The van der Waals surface area contributed by atoms with Crippen molar-refractivity contribution in [1.29, 1.82) is 0 Å². The highest BCUT2D eigenvalue weighted by Crippen LogP contribution is 2.29. The second-order valence-electron chi connectivity index (χ2n) is 2.83. The third-order valence-electron chi connectivity index (χ3n) is 1.77. The summed E-state index contributed by atoms with van der Waals surface area (Å²) in [4.78, 5) is 3.09. The van der Waals surface area contributed by atoms with Gasteiger partial charge in [-0.25, -0.2) is 6.57 Å². The summed E-state index contributed by atoms with van der Waals surface area (Å²) in [5.74, 6) is 0. The first-order chi connectivity index (χ1) is 6.54. The van der Waals surface area contributed by atoms with Gasteiger partial charge < -0.3 is 4.85 Å². The molecule has 0 spiro atoms. The molecule has 0 aliphatic carbocycles. The monoisotopic (exact) mass is 199 g/mol. The van der Waals surface area contributed by atoms with Gasteiger partial charge in [-0.1, -0.05) is 18.2 Å². The highest BCUT2D eigenvalue weighted by Gasteiger charge is 2.30. The Morgan fingerprint density at radius 1 is 1.29 bits per heavy atom. The summed E-state index contributed by atoms with van der Waals surface area (Å²) in [6.45, 7) is 6.75. The van der Waals surface area contributed by atoms with Crippen LogP contribution in [0.2, 0.25) is 0 Å². The molecule has 4 heteroatoms. The molecule has 14 heavy (non-hydrogen) atoms. The van der Waals surface area contributed by atoms with Gasteiger partial charge in [-0.3, -0.25) is 0 Å². The maximum absolute atomic E-state index is 12.2. The Kier molecular flexibility index (Phi) is 3.13. The van der Waals surface area contributed by atoms with Crippen molar-refractivity contribution in [3.05, 3.63) is 46.8 Å². The van der Waals surface area contributed by atoms with Crippen molar-refractivity contribution in [1.82, 2.24) is 0 Å². The van der Waals surface area contributed by atoms with Crippen molar-refractivity contribution >= 4 is 0 Å². The molecule has 0 radical (unpaired) electrons. The summed E-state index contributed by atoms with van der Waals surface area (Å²) in [6.07, 6.45) is -3.93. The van der Waals surface area contributed by atoms with Crippen LogP contribution in [0.1, 0.15) is 11.1 Å². The number of nitrogens with zero attached hydrogens (tertiary/aromatic N) is 1. The lowest BCUT2D eigenvalue weighted by Crippen LogP contribution is -2.05. The average molecular weight is 199 g/mol. The molecule has 1 aromatic carbocycles. The molecule has 0 heterocycles. The molecule has 0 N–H and O–H groups in total. The first-order valence-electron chi connectivity index (χ1n) is 4.03. The average Bonchev–Trinajstić information content (AvgIpc) is 2.14. The number of hydrogen-bond donors (Lipinski definition) is 0. The first kappa shape index (κ1) is 10.6. The zero-order valence-corrected chi connectivity index (χ0v) is 7.30. The molecule has 0 aliphatic rings. The molecule has 0 atom stereocenters. The second-order valence-corrected chi connectivity index (χ2v) is 2.83. The molecule has 0 aliphatic heterocycles. The van der Waals surface area contributed by atoms with E-state index in [0.29, 0.717) is 12.0 Å². The Balaban J connectivity index is 2.86. The predicted molar refractivity (Wildman–Crippen MR) is 46.6 cm³/mol. The maximum Gasteiger partial charge on any atom is 0.416 e. The SMILES string of the molecule is [C-]#[N+]CCc1cccc(C(F)(F)F)c1. The molecule has 0 amide bonds. The van der Waals surface area contributed by atoms with Gasteiger partial charge in [0.15, 0.2) is 0 Å². The van der Waals surface area contributed by atoms with Crippen molar-refractivity contribution in [3.63, 3.8) is 0 Å². The Labute approximate surface area is 80.0 Å². The van der Waals surface area contributed by atoms with E-state index in [1.807, 2.05) is 0 Å². The van der Waals surface area contributed by atoms with E-state index in [4.69, 9.17) is 6.57 Å². The standard InChI is InChI=1S/C10H8F3N/c1-14-6-5-8-3-2-4-9(7-8)10(11,12)13/h2-4,7H,5-6H2. The van der Waals surface area contributed by atoms with E-state index in [-0.39, 0.29) is 6.54 Å². The van der Waals surface area contributed by atoms with E-state index in [1.165, 1.54) is 6.07 Å². The van der Waals surface area contributed by atoms with Crippen LogP contribution in [0.15, 0.2) is 24.3 Å². The van der Waals surface area contributed by atoms with Crippen LogP contribution in [0, 0.1) is 6.57 Å². The van der Waals surface area contributed by atoms with E-state index in [1.54, 1.807) is 6.07 Å². The normalized spacial score (nSPS) is 11.0. The molecule has 0 saturated carbocycles. The minimum Gasteiger partial charge on any atom is -0.317 e. The summed E-state index contributed by atoms with van der Waals surface area (Å²) >= 11 is 0. The van der Waals surface area contributed by atoms with Crippen LogP contribution in [-0.4, -0.2) is 6.54 Å². The van der Waals surface area contributed by atoms with Crippen LogP contribution in [0.5, 0.6) is 0 Å².